The molecule has 0 spiro atoms. The van der Waals surface area contributed by atoms with E-state index >= 15 is 0 Å². The summed E-state index contributed by atoms with van der Waals surface area (Å²) in [5.41, 5.74) is 0.982. The first-order valence-electron chi connectivity index (χ1n) is 7.36. The predicted octanol–water partition coefficient (Wildman–Crippen LogP) is 0.347. The van der Waals surface area contributed by atoms with E-state index in [0.29, 0.717) is 23.4 Å². The highest BCUT2D eigenvalue weighted by Gasteiger charge is 2.31. The van der Waals surface area contributed by atoms with Crippen LogP contribution in [0.5, 0.6) is 5.75 Å². The summed E-state index contributed by atoms with van der Waals surface area (Å²) in [6.45, 7) is 1.65. The number of nitrogens with one attached hydrogen (secondary N) is 1. The van der Waals surface area contributed by atoms with E-state index in [9.17, 15) is 18.0 Å². The molecule has 8 heteroatoms. The Hall–Kier alpha value is -2.09. The molecular weight excluding hydrogens is 320 g/mol. The lowest BCUT2D eigenvalue weighted by atomic mass is 10.1. The maximum absolute atomic E-state index is 12.3. The van der Waals surface area contributed by atoms with Gasteiger partial charge in [0.25, 0.3) is 11.8 Å². The molecule has 3 rings (SSSR count). The molecule has 0 radical (unpaired) electrons. The standard InChI is InChI=1S/C15H18N2O5S/c1-9-15(19)17(2)12-4-3-10(7-13(12)22-9)14(18)16-11-5-6-23(20,21)8-11/h3-4,7,9,11H,5-6,8H2,1-2H3,(H,16,18). The summed E-state index contributed by atoms with van der Waals surface area (Å²) in [5.74, 6) is 0.0623. The van der Waals surface area contributed by atoms with Crippen LogP contribution in [0.1, 0.15) is 23.7 Å². The number of rotatable bonds is 2. The number of ether oxygens (including phenoxy) is 1. The first-order chi connectivity index (χ1) is 10.8. The summed E-state index contributed by atoms with van der Waals surface area (Å²) in [5, 5.41) is 2.73. The second kappa shape index (κ2) is 5.52. The zero-order valence-corrected chi connectivity index (χ0v) is 13.7. The van der Waals surface area contributed by atoms with Crippen molar-refractivity contribution < 1.29 is 22.7 Å². The SMILES string of the molecule is CC1Oc2cc(C(=O)NC3CCS(=O)(=O)C3)ccc2N(C)C1=O. The molecule has 1 N–H and O–H groups in total. The molecule has 1 saturated heterocycles. The second-order valence-corrected chi connectivity index (χ2v) is 8.14. The summed E-state index contributed by atoms with van der Waals surface area (Å²) in [7, 11) is -1.39. The minimum atomic E-state index is -3.04. The average molecular weight is 338 g/mol. The first-order valence-corrected chi connectivity index (χ1v) is 9.18. The van der Waals surface area contributed by atoms with Crippen LogP contribution in [0.15, 0.2) is 18.2 Å². The molecule has 0 aliphatic carbocycles. The minimum absolute atomic E-state index is 0.0194. The van der Waals surface area contributed by atoms with Crippen LogP contribution in [0.3, 0.4) is 0 Å². The first kappa shape index (κ1) is 15.8. The molecule has 2 amide bonds. The van der Waals surface area contributed by atoms with Gasteiger partial charge in [-0.05, 0) is 31.5 Å². The summed E-state index contributed by atoms with van der Waals surface area (Å²) in [6.07, 6.45) is -0.171. The van der Waals surface area contributed by atoms with Crippen molar-refractivity contribution >= 4 is 27.3 Å². The van der Waals surface area contributed by atoms with Gasteiger partial charge in [0.15, 0.2) is 15.9 Å². The summed E-state index contributed by atoms with van der Waals surface area (Å²) < 4.78 is 28.4. The van der Waals surface area contributed by atoms with Crippen LogP contribution < -0.4 is 15.0 Å². The van der Waals surface area contributed by atoms with Crippen molar-refractivity contribution in [1.82, 2.24) is 5.32 Å². The summed E-state index contributed by atoms with van der Waals surface area (Å²) in [6, 6.07) is 4.47. The Balaban J connectivity index is 1.78. The van der Waals surface area contributed by atoms with Gasteiger partial charge in [0, 0.05) is 18.7 Å². The number of carbonyl (C=O) groups is 2. The molecule has 2 aliphatic rings. The highest BCUT2D eigenvalue weighted by atomic mass is 32.2. The van der Waals surface area contributed by atoms with Gasteiger partial charge in [-0.25, -0.2) is 8.42 Å². The fraction of sp³-hybridized carbons (Fsp3) is 0.467. The predicted molar refractivity (Wildman–Crippen MR) is 84.5 cm³/mol. The highest BCUT2D eigenvalue weighted by Crippen LogP contribution is 2.34. The molecule has 124 valence electrons. The molecular formula is C15H18N2O5S. The Kier molecular flexibility index (Phi) is 3.79. The monoisotopic (exact) mass is 338 g/mol. The Labute approximate surface area is 134 Å². The van der Waals surface area contributed by atoms with Crippen LogP contribution >= 0.6 is 0 Å². The molecule has 2 aliphatic heterocycles. The van der Waals surface area contributed by atoms with Crippen LogP contribution in [0, 0.1) is 0 Å². The Morgan fingerprint density at radius 1 is 1.39 bits per heavy atom. The Morgan fingerprint density at radius 2 is 2.13 bits per heavy atom. The smallest absolute Gasteiger partial charge is 0.267 e. The van der Waals surface area contributed by atoms with Gasteiger partial charge in [-0.3, -0.25) is 9.59 Å². The number of likely N-dealkylation sites (N-methyl/N-ethyl adjacent to an activating group) is 1. The van der Waals surface area contributed by atoms with E-state index in [4.69, 9.17) is 4.74 Å². The molecule has 2 atom stereocenters. The fourth-order valence-corrected chi connectivity index (χ4v) is 4.51. The van der Waals surface area contributed by atoms with Crippen LogP contribution in [-0.4, -0.2) is 50.9 Å². The molecule has 0 saturated carbocycles. The lowest BCUT2D eigenvalue weighted by Gasteiger charge is -2.30. The summed E-state index contributed by atoms with van der Waals surface area (Å²) in [4.78, 5) is 25.6. The molecule has 7 nitrogen and oxygen atoms in total. The van der Waals surface area contributed by atoms with Crippen molar-refractivity contribution in [1.29, 1.82) is 0 Å². The van der Waals surface area contributed by atoms with E-state index in [-0.39, 0.29) is 29.4 Å². The van der Waals surface area contributed by atoms with Crippen molar-refractivity contribution in [3.8, 4) is 5.75 Å². The molecule has 0 bridgehead atoms. The third-order valence-electron chi connectivity index (χ3n) is 4.13. The van der Waals surface area contributed by atoms with Crippen LogP contribution in [0.4, 0.5) is 5.69 Å². The third-order valence-corrected chi connectivity index (χ3v) is 5.90. The molecule has 2 unspecified atom stereocenters. The largest absolute Gasteiger partial charge is 0.479 e. The van der Waals surface area contributed by atoms with E-state index in [2.05, 4.69) is 5.32 Å². The molecule has 23 heavy (non-hydrogen) atoms. The number of hydrogen-bond acceptors (Lipinski definition) is 5. The summed E-state index contributed by atoms with van der Waals surface area (Å²) >= 11 is 0. The van der Waals surface area contributed by atoms with Crippen molar-refractivity contribution in [2.45, 2.75) is 25.5 Å². The fourth-order valence-electron chi connectivity index (χ4n) is 2.84. The highest BCUT2D eigenvalue weighted by molar-refractivity contribution is 7.91. The van der Waals surface area contributed by atoms with Gasteiger partial charge in [-0.15, -0.1) is 0 Å². The van der Waals surface area contributed by atoms with Gasteiger partial charge in [-0.1, -0.05) is 0 Å². The number of sulfone groups is 1. The maximum Gasteiger partial charge on any atom is 0.267 e. The van der Waals surface area contributed by atoms with Crippen LogP contribution in [0.2, 0.25) is 0 Å². The zero-order valence-electron chi connectivity index (χ0n) is 12.9. The third kappa shape index (κ3) is 3.03. The van der Waals surface area contributed by atoms with E-state index in [1.807, 2.05) is 0 Å². The Morgan fingerprint density at radius 3 is 2.78 bits per heavy atom. The van der Waals surface area contributed by atoms with Gasteiger partial charge in [0.1, 0.15) is 5.75 Å². The number of fused-ring (bicyclic) bond motifs is 1. The van der Waals surface area contributed by atoms with Gasteiger partial charge >= 0.3 is 0 Å². The molecule has 1 fully saturated rings. The van der Waals surface area contributed by atoms with Gasteiger partial charge < -0.3 is 15.0 Å². The zero-order chi connectivity index (χ0) is 16.8. The quantitative estimate of drug-likeness (QED) is 0.840. The molecule has 2 heterocycles. The average Bonchev–Trinajstić information content (AvgIpc) is 2.83. The van der Waals surface area contributed by atoms with Gasteiger partial charge in [0.05, 0.1) is 17.2 Å². The van der Waals surface area contributed by atoms with Gasteiger partial charge in [-0.2, -0.15) is 0 Å². The molecule has 1 aromatic carbocycles. The van der Waals surface area contributed by atoms with E-state index in [1.165, 1.54) is 4.90 Å². The number of carbonyl (C=O) groups excluding carboxylic acids is 2. The number of hydrogen-bond donors (Lipinski definition) is 1. The van der Waals surface area contributed by atoms with Crippen LogP contribution in [-0.2, 0) is 14.6 Å². The van der Waals surface area contributed by atoms with E-state index in [0.717, 1.165) is 0 Å². The number of benzene rings is 1. The lowest BCUT2D eigenvalue weighted by Crippen LogP contribution is -2.42. The molecule has 1 aromatic rings. The van der Waals surface area contributed by atoms with Crippen molar-refractivity contribution in [2.24, 2.45) is 0 Å². The number of anilines is 1. The number of nitrogens with zero attached hydrogens (tertiary/aromatic N) is 1. The van der Waals surface area contributed by atoms with Crippen molar-refractivity contribution in [2.75, 3.05) is 23.5 Å². The minimum Gasteiger partial charge on any atom is -0.479 e. The normalized spacial score (nSPS) is 25.7. The molecule has 0 aromatic heterocycles. The van der Waals surface area contributed by atoms with Gasteiger partial charge in [0.2, 0.25) is 0 Å². The maximum atomic E-state index is 12.3. The Bertz CT molecular complexity index is 774. The van der Waals surface area contributed by atoms with E-state index in [1.54, 1.807) is 32.2 Å². The van der Waals surface area contributed by atoms with Crippen molar-refractivity contribution in [3.63, 3.8) is 0 Å². The van der Waals surface area contributed by atoms with E-state index < -0.39 is 15.9 Å². The second-order valence-electron chi connectivity index (χ2n) is 5.91. The lowest BCUT2D eigenvalue weighted by molar-refractivity contribution is -0.125. The topological polar surface area (TPSA) is 92.8 Å². The van der Waals surface area contributed by atoms with Crippen LogP contribution in [0.25, 0.3) is 0 Å². The van der Waals surface area contributed by atoms with Crippen molar-refractivity contribution in [3.05, 3.63) is 23.8 Å². The number of amides is 2.